The van der Waals surface area contributed by atoms with Crippen molar-refractivity contribution in [3.8, 4) is 17.2 Å². The maximum atomic E-state index is 12.4. The van der Waals surface area contributed by atoms with Crippen LogP contribution in [0.4, 0.5) is 0 Å². The molecule has 0 radical (unpaired) electrons. The number of ether oxygens (including phenoxy) is 3. The Balaban J connectivity index is 2.17. The molecule has 24 heavy (non-hydrogen) atoms. The Labute approximate surface area is 142 Å². The van der Waals surface area contributed by atoms with Gasteiger partial charge in [0, 0.05) is 6.54 Å². The molecule has 0 bridgehead atoms. The summed E-state index contributed by atoms with van der Waals surface area (Å²) in [7, 11) is 1.01. The lowest BCUT2D eigenvalue weighted by atomic mass is 10.2. The minimum atomic E-state index is -3.62. The zero-order valence-electron chi connectivity index (χ0n) is 14.1. The van der Waals surface area contributed by atoms with Crippen LogP contribution in [0.25, 0.3) is 0 Å². The van der Waals surface area contributed by atoms with Gasteiger partial charge in [0.2, 0.25) is 10.0 Å². The van der Waals surface area contributed by atoms with Crippen LogP contribution in [0.2, 0.25) is 0 Å². The molecule has 0 atom stereocenters. The highest BCUT2D eigenvalue weighted by Crippen LogP contribution is 2.27. The third kappa shape index (κ3) is 3.98. The van der Waals surface area contributed by atoms with Gasteiger partial charge in [-0.25, -0.2) is 13.1 Å². The van der Waals surface area contributed by atoms with Gasteiger partial charge in [0.1, 0.15) is 5.75 Å². The zero-order chi connectivity index (χ0) is 17.7. The van der Waals surface area contributed by atoms with Gasteiger partial charge in [-0.15, -0.1) is 0 Å². The number of benzene rings is 2. The lowest BCUT2D eigenvalue weighted by molar-refractivity contribution is 0.354. The van der Waals surface area contributed by atoms with Crippen LogP contribution in [0, 0.1) is 6.92 Å². The summed E-state index contributed by atoms with van der Waals surface area (Å²) in [6.45, 7) is 1.94. The summed E-state index contributed by atoms with van der Waals surface area (Å²) in [6, 6.07) is 9.99. The minimum Gasteiger partial charge on any atom is -0.496 e. The zero-order valence-corrected chi connectivity index (χ0v) is 14.9. The number of aryl methyl sites for hydroxylation is 1. The van der Waals surface area contributed by atoms with Crippen molar-refractivity contribution >= 4 is 10.0 Å². The Morgan fingerprint density at radius 1 is 0.875 bits per heavy atom. The van der Waals surface area contributed by atoms with Gasteiger partial charge in [-0.2, -0.15) is 0 Å². The fourth-order valence-electron chi connectivity index (χ4n) is 2.27. The number of hydrogen-bond donors (Lipinski definition) is 1. The molecule has 130 valence electrons. The number of nitrogens with one attached hydrogen (secondary N) is 1. The molecule has 0 unspecified atom stereocenters. The van der Waals surface area contributed by atoms with Gasteiger partial charge in [-0.05, 0) is 48.4 Å². The van der Waals surface area contributed by atoms with E-state index in [9.17, 15) is 8.42 Å². The Morgan fingerprint density at radius 3 is 2.08 bits per heavy atom. The lowest BCUT2D eigenvalue weighted by Gasteiger charge is -2.12. The first-order chi connectivity index (χ1) is 11.4. The van der Waals surface area contributed by atoms with E-state index in [0.29, 0.717) is 17.2 Å². The monoisotopic (exact) mass is 351 g/mol. The van der Waals surface area contributed by atoms with Crippen molar-refractivity contribution in [3.63, 3.8) is 0 Å². The second kappa shape index (κ2) is 7.55. The number of methoxy groups -OCH3 is 3. The van der Waals surface area contributed by atoms with Gasteiger partial charge in [-0.3, -0.25) is 0 Å². The second-order valence-corrected chi connectivity index (χ2v) is 6.91. The van der Waals surface area contributed by atoms with Crippen LogP contribution in [-0.2, 0) is 16.6 Å². The van der Waals surface area contributed by atoms with Gasteiger partial charge < -0.3 is 14.2 Å². The number of sulfonamides is 1. The molecular formula is C17H21NO5S. The summed E-state index contributed by atoms with van der Waals surface area (Å²) in [5.41, 5.74) is 1.52. The molecule has 0 spiro atoms. The van der Waals surface area contributed by atoms with Crippen molar-refractivity contribution in [3.05, 3.63) is 47.5 Å². The maximum Gasteiger partial charge on any atom is 0.240 e. The van der Waals surface area contributed by atoms with Crippen LogP contribution in [-0.4, -0.2) is 29.7 Å². The van der Waals surface area contributed by atoms with Crippen molar-refractivity contribution in [1.82, 2.24) is 4.72 Å². The maximum absolute atomic E-state index is 12.4. The Bertz CT molecular complexity index is 818. The van der Waals surface area contributed by atoms with Crippen molar-refractivity contribution in [2.45, 2.75) is 18.4 Å². The normalized spacial score (nSPS) is 11.2. The molecule has 0 fully saturated rings. The van der Waals surface area contributed by atoms with Gasteiger partial charge in [0.25, 0.3) is 0 Å². The minimum absolute atomic E-state index is 0.147. The summed E-state index contributed by atoms with van der Waals surface area (Å²) in [5, 5.41) is 0. The first kappa shape index (κ1) is 18.1. The lowest BCUT2D eigenvalue weighted by Crippen LogP contribution is -2.23. The summed E-state index contributed by atoms with van der Waals surface area (Å²) in [4.78, 5) is 0.196. The van der Waals surface area contributed by atoms with E-state index < -0.39 is 10.0 Å². The molecule has 2 aromatic rings. The van der Waals surface area contributed by atoms with E-state index in [-0.39, 0.29) is 11.4 Å². The van der Waals surface area contributed by atoms with Crippen molar-refractivity contribution in [2.75, 3.05) is 21.3 Å². The summed E-state index contributed by atoms with van der Waals surface area (Å²) >= 11 is 0. The first-order valence-electron chi connectivity index (χ1n) is 7.26. The predicted molar refractivity (Wildman–Crippen MR) is 91.3 cm³/mol. The van der Waals surface area contributed by atoms with Crippen LogP contribution in [0.1, 0.15) is 11.1 Å². The Morgan fingerprint density at radius 2 is 1.50 bits per heavy atom. The summed E-state index contributed by atoms with van der Waals surface area (Å²) in [6.07, 6.45) is 0. The number of hydrogen-bond acceptors (Lipinski definition) is 5. The van der Waals surface area contributed by atoms with Crippen molar-refractivity contribution < 1.29 is 22.6 Å². The third-order valence-electron chi connectivity index (χ3n) is 3.59. The Kier molecular flexibility index (Phi) is 5.69. The average Bonchev–Trinajstić information content (AvgIpc) is 2.59. The Hall–Kier alpha value is -2.25. The van der Waals surface area contributed by atoms with E-state index in [2.05, 4.69) is 4.72 Å². The molecule has 1 N–H and O–H groups in total. The van der Waals surface area contributed by atoms with E-state index in [1.165, 1.54) is 13.2 Å². The molecule has 0 aromatic heterocycles. The fourth-order valence-corrected chi connectivity index (χ4v) is 3.37. The van der Waals surface area contributed by atoms with Crippen molar-refractivity contribution in [2.24, 2.45) is 0 Å². The molecule has 0 amide bonds. The van der Waals surface area contributed by atoms with Crippen LogP contribution in [0.15, 0.2) is 41.3 Å². The summed E-state index contributed by atoms with van der Waals surface area (Å²) < 4.78 is 43.0. The fraction of sp³-hybridized carbons (Fsp3) is 0.294. The molecule has 2 aromatic carbocycles. The molecule has 0 aliphatic heterocycles. The highest BCUT2D eigenvalue weighted by atomic mass is 32.2. The SMILES string of the molecule is COc1ccc(S(=O)(=O)NCc2ccc(OC)c(OC)c2)cc1C. The average molecular weight is 351 g/mol. The molecule has 0 aliphatic carbocycles. The van der Waals surface area contributed by atoms with E-state index in [4.69, 9.17) is 14.2 Å². The highest BCUT2D eigenvalue weighted by molar-refractivity contribution is 7.89. The second-order valence-electron chi connectivity index (χ2n) is 5.15. The molecule has 0 saturated heterocycles. The van der Waals surface area contributed by atoms with Gasteiger partial charge in [0.15, 0.2) is 11.5 Å². The van der Waals surface area contributed by atoms with E-state index in [1.54, 1.807) is 51.5 Å². The van der Waals surface area contributed by atoms with Crippen LogP contribution < -0.4 is 18.9 Å². The van der Waals surface area contributed by atoms with Gasteiger partial charge in [-0.1, -0.05) is 6.07 Å². The van der Waals surface area contributed by atoms with Gasteiger partial charge >= 0.3 is 0 Å². The molecule has 2 rings (SSSR count). The largest absolute Gasteiger partial charge is 0.496 e. The molecule has 0 saturated carbocycles. The van der Waals surface area contributed by atoms with Crippen LogP contribution >= 0.6 is 0 Å². The smallest absolute Gasteiger partial charge is 0.240 e. The topological polar surface area (TPSA) is 73.9 Å². The molecule has 0 aliphatic rings. The van der Waals surface area contributed by atoms with Crippen LogP contribution in [0.5, 0.6) is 17.2 Å². The highest BCUT2D eigenvalue weighted by Gasteiger charge is 2.15. The van der Waals surface area contributed by atoms with Crippen molar-refractivity contribution in [1.29, 1.82) is 0 Å². The van der Waals surface area contributed by atoms with E-state index in [0.717, 1.165) is 11.1 Å². The molecule has 0 heterocycles. The molecule has 6 nitrogen and oxygen atoms in total. The molecule has 7 heteroatoms. The number of rotatable bonds is 7. The third-order valence-corrected chi connectivity index (χ3v) is 4.99. The van der Waals surface area contributed by atoms with E-state index in [1.807, 2.05) is 0 Å². The predicted octanol–water partition coefficient (Wildman–Crippen LogP) is 2.50. The molecular weight excluding hydrogens is 330 g/mol. The van der Waals surface area contributed by atoms with Crippen LogP contribution in [0.3, 0.4) is 0 Å². The summed E-state index contributed by atoms with van der Waals surface area (Å²) in [5.74, 6) is 1.79. The quantitative estimate of drug-likeness (QED) is 0.830. The first-order valence-corrected chi connectivity index (χ1v) is 8.75. The van der Waals surface area contributed by atoms with E-state index >= 15 is 0 Å². The van der Waals surface area contributed by atoms with Gasteiger partial charge in [0.05, 0.1) is 26.2 Å². The standard InChI is InChI=1S/C17H21NO5S/c1-12-9-14(6-8-15(12)21-2)24(19,20)18-11-13-5-7-16(22-3)17(10-13)23-4/h5-10,18H,11H2,1-4H3.